The molecule has 4 aromatic carbocycles. The second-order valence-corrected chi connectivity index (χ2v) is 11.8. The normalized spacial score (nSPS) is 13.0. The zero-order valence-electron chi connectivity index (χ0n) is 25.2. The van der Waals surface area contributed by atoms with E-state index in [0.29, 0.717) is 0 Å². The molecule has 0 bridgehead atoms. The van der Waals surface area contributed by atoms with Crippen LogP contribution in [0.5, 0.6) is 0 Å². The summed E-state index contributed by atoms with van der Waals surface area (Å²) in [5, 5.41) is 3.16. The average Bonchev–Trinajstić information content (AvgIpc) is 3.30. The molecule has 0 aliphatic heterocycles. The van der Waals surface area contributed by atoms with Crippen LogP contribution in [0.1, 0.15) is 43.4 Å². The zero-order valence-corrected chi connectivity index (χ0v) is 25.2. The molecule has 1 aliphatic carbocycles. The standard InChI is InChI=1S/C35H37N3O5/c1-35(2,3)43-33(40)36-38(5)32(39)31(21-23-18-19-24-12-6-7-13-25(24)20-23)37(4)34(41)42-22-30-28-16-10-8-14-26(28)27-15-9-11-17-29(27)30/h6-20,30-31H,21-22H2,1-5H3,(H,36,40)/t31-/m1/s1. The number of carbonyl (C=O) groups excluding carboxylic acids is 3. The molecular formula is C35H37N3O5. The molecule has 0 saturated heterocycles. The Morgan fingerprint density at radius 2 is 1.40 bits per heavy atom. The second kappa shape index (κ2) is 12.2. The van der Waals surface area contributed by atoms with Crippen molar-refractivity contribution in [2.45, 2.75) is 44.8 Å². The first-order valence-corrected chi connectivity index (χ1v) is 14.3. The molecule has 0 aromatic heterocycles. The lowest BCUT2D eigenvalue weighted by Crippen LogP contribution is -2.55. The van der Waals surface area contributed by atoms with Crippen molar-refractivity contribution in [3.8, 4) is 11.1 Å². The zero-order chi connectivity index (χ0) is 30.7. The van der Waals surface area contributed by atoms with E-state index >= 15 is 0 Å². The second-order valence-electron chi connectivity index (χ2n) is 11.8. The first-order valence-electron chi connectivity index (χ1n) is 14.3. The molecule has 43 heavy (non-hydrogen) atoms. The van der Waals surface area contributed by atoms with E-state index in [4.69, 9.17) is 9.47 Å². The first-order chi connectivity index (χ1) is 20.5. The van der Waals surface area contributed by atoms with Gasteiger partial charge >= 0.3 is 12.2 Å². The summed E-state index contributed by atoms with van der Waals surface area (Å²) in [5.41, 5.74) is 7.06. The summed E-state index contributed by atoms with van der Waals surface area (Å²) in [5.74, 6) is -0.606. The van der Waals surface area contributed by atoms with E-state index in [9.17, 15) is 14.4 Å². The molecule has 0 fully saturated rings. The van der Waals surface area contributed by atoms with Crippen LogP contribution in [0.25, 0.3) is 21.9 Å². The molecule has 8 nitrogen and oxygen atoms in total. The van der Waals surface area contributed by atoms with Crippen molar-refractivity contribution in [3.05, 3.63) is 108 Å². The van der Waals surface area contributed by atoms with Crippen LogP contribution >= 0.6 is 0 Å². The van der Waals surface area contributed by atoms with Crippen molar-refractivity contribution >= 4 is 28.9 Å². The van der Waals surface area contributed by atoms with Gasteiger partial charge in [-0.2, -0.15) is 0 Å². The molecule has 222 valence electrons. The molecule has 0 radical (unpaired) electrons. The van der Waals surface area contributed by atoms with Gasteiger partial charge in [-0.25, -0.2) is 15.0 Å². The smallest absolute Gasteiger partial charge is 0.426 e. The van der Waals surface area contributed by atoms with E-state index in [2.05, 4.69) is 29.7 Å². The fourth-order valence-corrected chi connectivity index (χ4v) is 5.52. The van der Waals surface area contributed by atoms with Crippen molar-refractivity contribution in [2.75, 3.05) is 20.7 Å². The molecule has 0 saturated carbocycles. The van der Waals surface area contributed by atoms with Gasteiger partial charge in [0.05, 0.1) is 0 Å². The lowest BCUT2D eigenvalue weighted by atomic mass is 9.98. The lowest BCUT2D eigenvalue weighted by molar-refractivity contribution is -0.137. The largest absolute Gasteiger partial charge is 0.448 e. The van der Waals surface area contributed by atoms with E-state index in [0.717, 1.165) is 43.6 Å². The summed E-state index contributed by atoms with van der Waals surface area (Å²) < 4.78 is 11.2. The molecule has 1 N–H and O–H groups in total. The highest BCUT2D eigenvalue weighted by Gasteiger charge is 2.34. The maximum Gasteiger partial charge on any atom is 0.426 e. The first kappa shape index (κ1) is 29.6. The van der Waals surface area contributed by atoms with E-state index in [1.54, 1.807) is 27.8 Å². The Balaban J connectivity index is 1.36. The van der Waals surface area contributed by atoms with E-state index in [1.807, 2.05) is 66.7 Å². The summed E-state index contributed by atoms with van der Waals surface area (Å²) in [6.45, 7) is 5.34. The van der Waals surface area contributed by atoms with Gasteiger partial charge in [-0.1, -0.05) is 91.0 Å². The number of ether oxygens (including phenoxy) is 2. The summed E-state index contributed by atoms with van der Waals surface area (Å²) in [6.07, 6.45) is -1.19. The Hall–Kier alpha value is -4.85. The van der Waals surface area contributed by atoms with Crippen LogP contribution in [0.15, 0.2) is 91.0 Å². The minimum Gasteiger partial charge on any atom is -0.448 e. The van der Waals surface area contributed by atoms with Gasteiger partial charge in [0.15, 0.2) is 0 Å². The van der Waals surface area contributed by atoms with Crippen LogP contribution in [0.3, 0.4) is 0 Å². The third kappa shape index (κ3) is 6.64. The molecule has 8 heteroatoms. The Labute approximate surface area is 252 Å². The number of rotatable bonds is 6. The van der Waals surface area contributed by atoms with Gasteiger partial charge in [0.2, 0.25) is 0 Å². The van der Waals surface area contributed by atoms with Gasteiger partial charge < -0.3 is 9.47 Å². The van der Waals surface area contributed by atoms with E-state index in [-0.39, 0.29) is 18.9 Å². The number of carbonyl (C=O) groups is 3. The maximum absolute atomic E-state index is 13.8. The van der Waals surface area contributed by atoms with E-state index in [1.165, 1.54) is 11.9 Å². The van der Waals surface area contributed by atoms with Gasteiger partial charge in [0.1, 0.15) is 18.2 Å². The van der Waals surface area contributed by atoms with Crippen LogP contribution in [-0.4, -0.2) is 60.3 Å². The van der Waals surface area contributed by atoms with Gasteiger partial charge in [0, 0.05) is 26.4 Å². The minimum absolute atomic E-state index is 0.115. The van der Waals surface area contributed by atoms with Crippen molar-refractivity contribution in [1.82, 2.24) is 15.3 Å². The molecule has 1 aliphatic rings. The molecule has 4 aromatic rings. The topological polar surface area (TPSA) is 88.2 Å². The average molecular weight is 580 g/mol. The highest BCUT2D eigenvalue weighted by atomic mass is 16.6. The minimum atomic E-state index is -0.961. The molecule has 0 unspecified atom stereocenters. The van der Waals surface area contributed by atoms with Crippen LogP contribution in [0, 0.1) is 0 Å². The quantitative estimate of drug-likeness (QED) is 0.263. The summed E-state index contributed by atoms with van der Waals surface area (Å²) in [4.78, 5) is 41.0. The number of amides is 3. The SMILES string of the molecule is CN(NC(=O)OC(C)(C)C)C(=O)[C@@H](Cc1ccc2ccccc2c1)N(C)C(=O)OCC1c2ccccc2-c2ccccc21. The molecule has 3 amide bonds. The van der Waals surface area contributed by atoms with Gasteiger partial charge in [-0.05, 0) is 59.4 Å². The van der Waals surface area contributed by atoms with Crippen molar-refractivity contribution in [1.29, 1.82) is 0 Å². The number of fused-ring (bicyclic) bond motifs is 4. The number of likely N-dealkylation sites (N-methyl/N-ethyl adjacent to an activating group) is 2. The number of hydrogen-bond acceptors (Lipinski definition) is 5. The Morgan fingerprint density at radius 3 is 2.02 bits per heavy atom. The lowest BCUT2D eigenvalue weighted by Gasteiger charge is -2.31. The highest BCUT2D eigenvalue weighted by Crippen LogP contribution is 2.44. The summed E-state index contributed by atoms with van der Waals surface area (Å²) >= 11 is 0. The van der Waals surface area contributed by atoms with Crippen LogP contribution in [0.4, 0.5) is 9.59 Å². The fourth-order valence-electron chi connectivity index (χ4n) is 5.52. The maximum atomic E-state index is 13.8. The molecular weight excluding hydrogens is 542 g/mol. The van der Waals surface area contributed by atoms with Gasteiger partial charge in [-0.3, -0.25) is 14.7 Å². The van der Waals surface area contributed by atoms with Crippen molar-refractivity contribution < 1.29 is 23.9 Å². The molecule has 1 atom stereocenters. The van der Waals surface area contributed by atoms with Crippen LogP contribution in [-0.2, 0) is 20.7 Å². The molecule has 0 spiro atoms. The summed E-state index contributed by atoms with van der Waals surface area (Å²) in [6, 6.07) is 29.2. The number of nitrogens with zero attached hydrogens (tertiary/aromatic N) is 2. The number of hydrazine groups is 1. The molecule has 0 heterocycles. The van der Waals surface area contributed by atoms with E-state index < -0.39 is 29.7 Å². The van der Waals surface area contributed by atoms with Gasteiger partial charge in [-0.15, -0.1) is 0 Å². The molecule has 5 rings (SSSR count). The Morgan fingerprint density at radius 1 is 0.814 bits per heavy atom. The third-order valence-electron chi connectivity index (χ3n) is 7.61. The monoisotopic (exact) mass is 579 g/mol. The predicted octanol–water partition coefficient (Wildman–Crippen LogP) is 6.53. The van der Waals surface area contributed by atoms with Crippen LogP contribution < -0.4 is 5.43 Å². The number of hydrogen-bond donors (Lipinski definition) is 1. The van der Waals surface area contributed by atoms with Crippen LogP contribution in [0.2, 0.25) is 0 Å². The Kier molecular flexibility index (Phi) is 8.39. The van der Waals surface area contributed by atoms with Crippen molar-refractivity contribution in [2.24, 2.45) is 0 Å². The Bertz CT molecular complexity index is 1620. The number of nitrogens with one attached hydrogen (secondary N) is 1. The highest BCUT2D eigenvalue weighted by molar-refractivity contribution is 5.88. The predicted molar refractivity (Wildman–Crippen MR) is 166 cm³/mol. The van der Waals surface area contributed by atoms with Gasteiger partial charge in [0.25, 0.3) is 5.91 Å². The summed E-state index contributed by atoms with van der Waals surface area (Å²) in [7, 11) is 2.98. The van der Waals surface area contributed by atoms with Crippen molar-refractivity contribution in [3.63, 3.8) is 0 Å². The third-order valence-corrected chi connectivity index (χ3v) is 7.61. The fraction of sp³-hybridized carbons (Fsp3) is 0.286. The number of benzene rings is 4.